The number of hydrogen-bond donors (Lipinski definition) is 0. The van der Waals surface area contributed by atoms with E-state index in [1.165, 1.54) is 11.1 Å². The minimum Gasteiger partial charge on any atom is -0.496 e. The smallest absolute Gasteiger partial charge is 0.150 e. The van der Waals surface area contributed by atoms with Crippen molar-refractivity contribution in [2.45, 2.75) is 52.2 Å². The zero-order valence-corrected chi connectivity index (χ0v) is 18.5. The molecule has 4 heteroatoms. The van der Waals surface area contributed by atoms with Crippen molar-refractivity contribution in [2.24, 2.45) is 0 Å². The maximum absolute atomic E-state index is 10.6. The van der Waals surface area contributed by atoms with Crippen LogP contribution in [0, 0.1) is 0 Å². The van der Waals surface area contributed by atoms with Crippen molar-refractivity contribution in [3.05, 3.63) is 71.3 Å². The van der Waals surface area contributed by atoms with E-state index in [0.29, 0.717) is 11.5 Å². The van der Waals surface area contributed by atoms with Gasteiger partial charge in [-0.25, -0.2) is 0 Å². The highest BCUT2D eigenvalue weighted by atomic mass is 16.5. The van der Waals surface area contributed by atoms with E-state index in [9.17, 15) is 4.79 Å². The van der Waals surface area contributed by atoms with Gasteiger partial charge in [0.25, 0.3) is 0 Å². The molecule has 0 fully saturated rings. The van der Waals surface area contributed by atoms with Gasteiger partial charge >= 0.3 is 0 Å². The van der Waals surface area contributed by atoms with Crippen molar-refractivity contribution in [1.82, 2.24) is 0 Å². The van der Waals surface area contributed by atoms with Gasteiger partial charge in [0.2, 0.25) is 0 Å². The highest BCUT2D eigenvalue weighted by Crippen LogP contribution is 2.27. The van der Waals surface area contributed by atoms with Crippen molar-refractivity contribution in [2.75, 3.05) is 14.2 Å². The molecule has 0 saturated heterocycles. The molecule has 155 valence electrons. The van der Waals surface area contributed by atoms with Gasteiger partial charge in [-0.15, -0.1) is 6.58 Å². The molecule has 0 spiro atoms. The second kappa shape index (κ2) is 13.7. The van der Waals surface area contributed by atoms with Gasteiger partial charge in [0.1, 0.15) is 25.1 Å². The molecule has 0 aromatic heterocycles. The van der Waals surface area contributed by atoms with E-state index >= 15 is 0 Å². The molecule has 0 atom stereocenters. The molecule has 3 nitrogen and oxygen atoms in total. The number of carbonyl (C=O) groups is 1. The fraction of sp³-hybridized carbons (Fsp3) is 0.400. The van der Waals surface area contributed by atoms with E-state index < -0.39 is 0 Å². The Kier molecular flexibility index (Phi) is 11.6. The first kappa shape index (κ1) is 24.6. The SMILES string of the molecule is C=CCc1ccc(C(C)C)c(OC)c1.CCC[B]Cc1ccc(C=O)cc1OC. The highest BCUT2D eigenvalue weighted by Gasteiger charge is 2.07. The van der Waals surface area contributed by atoms with Crippen LogP contribution >= 0.6 is 0 Å². The minimum absolute atomic E-state index is 0.503. The minimum atomic E-state index is 0.503. The molecule has 0 N–H and O–H groups in total. The summed E-state index contributed by atoms with van der Waals surface area (Å²) in [7, 11) is 5.59. The van der Waals surface area contributed by atoms with Crippen LogP contribution in [-0.4, -0.2) is 27.8 Å². The molecule has 0 aliphatic carbocycles. The molecule has 2 rings (SSSR count). The van der Waals surface area contributed by atoms with Crippen LogP contribution in [0.4, 0.5) is 0 Å². The van der Waals surface area contributed by atoms with E-state index in [1.54, 1.807) is 20.3 Å². The average Bonchev–Trinajstić information content (AvgIpc) is 2.74. The van der Waals surface area contributed by atoms with Crippen LogP contribution in [-0.2, 0) is 12.7 Å². The third-order valence-electron chi connectivity index (χ3n) is 4.60. The average molecular weight is 393 g/mol. The Hall–Kier alpha value is -2.49. The number of hydrogen-bond acceptors (Lipinski definition) is 3. The summed E-state index contributed by atoms with van der Waals surface area (Å²) >= 11 is 0. The van der Waals surface area contributed by atoms with Crippen molar-refractivity contribution < 1.29 is 14.3 Å². The lowest BCUT2D eigenvalue weighted by atomic mass is 9.68. The van der Waals surface area contributed by atoms with Gasteiger partial charge in [0.15, 0.2) is 0 Å². The van der Waals surface area contributed by atoms with Gasteiger partial charge in [-0.05, 0) is 41.2 Å². The van der Waals surface area contributed by atoms with Gasteiger partial charge in [0.05, 0.1) is 14.2 Å². The number of allylic oxidation sites excluding steroid dienone is 1. The molecule has 0 bridgehead atoms. The molecule has 0 heterocycles. The van der Waals surface area contributed by atoms with E-state index in [4.69, 9.17) is 9.47 Å². The molecule has 0 unspecified atom stereocenters. The van der Waals surface area contributed by atoms with E-state index in [0.717, 1.165) is 48.8 Å². The van der Waals surface area contributed by atoms with Gasteiger partial charge in [-0.3, -0.25) is 4.79 Å². The van der Waals surface area contributed by atoms with Gasteiger partial charge in [-0.2, -0.15) is 0 Å². The molecule has 0 aliphatic rings. The summed E-state index contributed by atoms with van der Waals surface area (Å²) < 4.78 is 10.6. The molecule has 1 radical (unpaired) electrons. The molecule has 29 heavy (non-hydrogen) atoms. The lowest BCUT2D eigenvalue weighted by Crippen LogP contribution is -1.99. The van der Waals surface area contributed by atoms with Crippen molar-refractivity contribution in [3.8, 4) is 11.5 Å². The third-order valence-corrected chi connectivity index (χ3v) is 4.60. The molecule has 0 saturated carbocycles. The quantitative estimate of drug-likeness (QED) is 0.212. The normalized spacial score (nSPS) is 10.0. The Morgan fingerprint density at radius 1 is 1.07 bits per heavy atom. The van der Waals surface area contributed by atoms with Gasteiger partial charge < -0.3 is 9.47 Å². The first-order valence-corrected chi connectivity index (χ1v) is 10.2. The monoisotopic (exact) mass is 393 g/mol. The zero-order valence-electron chi connectivity index (χ0n) is 18.5. The first-order valence-electron chi connectivity index (χ1n) is 10.2. The Bertz CT molecular complexity index is 769. The lowest BCUT2D eigenvalue weighted by molar-refractivity contribution is 0.112. The Balaban J connectivity index is 0.000000291. The summed E-state index contributed by atoms with van der Waals surface area (Å²) in [5.41, 5.74) is 4.31. The molecule has 2 aromatic rings. The van der Waals surface area contributed by atoms with Gasteiger partial charge in [0, 0.05) is 5.56 Å². The number of rotatable bonds is 10. The van der Waals surface area contributed by atoms with Crippen molar-refractivity contribution in [1.29, 1.82) is 0 Å². The van der Waals surface area contributed by atoms with Crippen LogP contribution in [0.1, 0.15) is 60.2 Å². The van der Waals surface area contributed by atoms with Crippen LogP contribution in [0.2, 0.25) is 6.32 Å². The Morgan fingerprint density at radius 3 is 2.34 bits per heavy atom. The largest absolute Gasteiger partial charge is 0.496 e. The van der Waals surface area contributed by atoms with Crippen LogP contribution in [0.3, 0.4) is 0 Å². The molecular formula is C25H34BO3. The van der Waals surface area contributed by atoms with Gasteiger partial charge in [-0.1, -0.05) is 70.2 Å². The highest BCUT2D eigenvalue weighted by molar-refractivity contribution is 6.34. The molecule has 0 amide bonds. The Labute approximate surface area is 177 Å². The topological polar surface area (TPSA) is 35.5 Å². The first-order chi connectivity index (χ1) is 14.0. The second-order valence-electron chi connectivity index (χ2n) is 7.19. The van der Waals surface area contributed by atoms with Crippen LogP contribution in [0.15, 0.2) is 49.1 Å². The second-order valence-corrected chi connectivity index (χ2v) is 7.19. The number of benzene rings is 2. The fourth-order valence-corrected chi connectivity index (χ4v) is 2.99. The van der Waals surface area contributed by atoms with E-state index in [2.05, 4.69) is 52.8 Å². The maximum Gasteiger partial charge on any atom is 0.150 e. The number of methoxy groups -OCH3 is 2. The summed E-state index contributed by atoms with van der Waals surface area (Å²) in [5.74, 6) is 2.29. The molecule has 2 aromatic carbocycles. The van der Waals surface area contributed by atoms with Crippen LogP contribution < -0.4 is 9.47 Å². The van der Waals surface area contributed by atoms with Crippen LogP contribution in [0.25, 0.3) is 0 Å². The molecule has 0 aliphatic heterocycles. The Morgan fingerprint density at radius 2 is 1.79 bits per heavy atom. The maximum atomic E-state index is 10.6. The van der Waals surface area contributed by atoms with Crippen LogP contribution in [0.5, 0.6) is 11.5 Å². The predicted molar refractivity (Wildman–Crippen MR) is 124 cm³/mol. The summed E-state index contributed by atoms with van der Waals surface area (Å²) in [5, 5.41) is 0. The standard InChI is InChI=1S/C13H18O.C12H16BO2/c1-5-6-11-7-8-12(10(2)3)13(9-11)14-4;1-3-6-13-8-11-5-4-10(9-14)7-12(11)15-2/h5,7-10H,1,6H2,2-4H3;4-5,7,9H,3,6,8H2,1-2H3. The number of ether oxygens (including phenoxy) is 2. The summed E-state index contributed by atoms with van der Waals surface area (Å²) in [6.45, 7) is 10.2. The predicted octanol–water partition coefficient (Wildman–Crippen LogP) is 6.09. The third kappa shape index (κ3) is 8.19. The van der Waals surface area contributed by atoms with Crippen molar-refractivity contribution in [3.63, 3.8) is 0 Å². The zero-order chi connectivity index (χ0) is 21.6. The summed E-state index contributed by atoms with van der Waals surface area (Å²) in [6, 6.07) is 11.9. The van der Waals surface area contributed by atoms with E-state index in [1.807, 2.05) is 18.2 Å². The fourth-order valence-electron chi connectivity index (χ4n) is 2.99. The molecular weight excluding hydrogens is 359 g/mol. The lowest BCUT2D eigenvalue weighted by Gasteiger charge is -2.12. The van der Waals surface area contributed by atoms with Crippen molar-refractivity contribution >= 4 is 13.6 Å². The number of aldehydes is 1. The number of carbonyl (C=O) groups excluding carboxylic acids is 1. The summed E-state index contributed by atoms with van der Waals surface area (Å²) in [6.07, 6.45) is 6.81. The summed E-state index contributed by atoms with van der Waals surface area (Å²) in [4.78, 5) is 10.6. The van der Waals surface area contributed by atoms with E-state index in [-0.39, 0.29) is 0 Å².